The lowest BCUT2D eigenvalue weighted by Crippen LogP contribution is -1.73. The zero-order valence-electron chi connectivity index (χ0n) is 7.92. The maximum Gasteiger partial charge on any atom is 0.134 e. The molecule has 1 nitrogen and oxygen atoms in total. The molecule has 0 atom stereocenters. The quantitative estimate of drug-likeness (QED) is 0.773. The Morgan fingerprint density at radius 1 is 1.36 bits per heavy atom. The van der Waals surface area contributed by atoms with E-state index < -0.39 is 0 Å². The van der Waals surface area contributed by atoms with Crippen molar-refractivity contribution in [2.45, 2.75) is 12.7 Å². The van der Waals surface area contributed by atoms with E-state index in [1.165, 1.54) is 0 Å². The molecule has 1 aromatic heterocycles. The number of furan rings is 1. The molecule has 0 N–H and O–H groups in total. The lowest BCUT2D eigenvalue weighted by atomic mass is 10.2. The Morgan fingerprint density at radius 2 is 2.21 bits per heavy atom. The first-order valence-electron chi connectivity index (χ1n) is 4.55. The smallest absolute Gasteiger partial charge is 0.134 e. The van der Waals surface area contributed by atoms with Gasteiger partial charge in [-0.2, -0.15) is 11.8 Å². The molecule has 1 heterocycles. The Kier molecular flexibility index (Phi) is 3.04. The summed E-state index contributed by atoms with van der Waals surface area (Å²) in [6.45, 7) is 2.14. The Balaban J connectivity index is 2.32. The molecule has 14 heavy (non-hydrogen) atoms. The summed E-state index contributed by atoms with van der Waals surface area (Å²) in [5, 5.41) is 1.84. The molecule has 0 unspecified atom stereocenters. The van der Waals surface area contributed by atoms with Crippen LogP contribution in [0.15, 0.2) is 28.7 Å². The minimum Gasteiger partial charge on any atom is -0.460 e. The van der Waals surface area contributed by atoms with Gasteiger partial charge in [0.1, 0.15) is 11.3 Å². The number of hydrogen-bond donors (Lipinski definition) is 0. The molecule has 0 amide bonds. The van der Waals surface area contributed by atoms with Crippen LogP contribution < -0.4 is 0 Å². The van der Waals surface area contributed by atoms with Crippen molar-refractivity contribution in [2.24, 2.45) is 0 Å². The van der Waals surface area contributed by atoms with Gasteiger partial charge in [0, 0.05) is 10.4 Å². The zero-order chi connectivity index (χ0) is 9.97. The first kappa shape index (κ1) is 9.94. The summed E-state index contributed by atoms with van der Waals surface area (Å²) in [5.41, 5.74) is 0.918. The fourth-order valence-corrected chi connectivity index (χ4v) is 2.07. The van der Waals surface area contributed by atoms with Crippen molar-refractivity contribution in [1.82, 2.24) is 0 Å². The lowest BCUT2D eigenvalue weighted by Gasteiger charge is -1.91. The summed E-state index contributed by atoms with van der Waals surface area (Å²) in [7, 11) is 0. The van der Waals surface area contributed by atoms with Crippen LogP contribution in [0, 0.1) is 0 Å². The third-order valence-corrected chi connectivity index (χ3v) is 3.11. The van der Waals surface area contributed by atoms with E-state index in [2.05, 4.69) is 13.0 Å². The first-order valence-corrected chi connectivity index (χ1v) is 6.08. The highest BCUT2D eigenvalue weighted by Crippen LogP contribution is 2.25. The highest BCUT2D eigenvalue weighted by atomic mass is 35.5. The monoisotopic (exact) mass is 226 g/mol. The van der Waals surface area contributed by atoms with Crippen LogP contribution in [0.4, 0.5) is 0 Å². The number of rotatable bonds is 3. The van der Waals surface area contributed by atoms with Crippen LogP contribution >= 0.6 is 23.4 Å². The molecule has 2 aromatic rings. The predicted molar refractivity (Wildman–Crippen MR) is 63.1 cm³/mol. The van der Waals surface area contributed by atoms with E-state index in [1.54, 1.807) is 0 Å². The number of thioether (sulfide) groups is 1. The van der Waals surface area contributed by atoms with Crippen LogP contribution in [-0.2, 0) is 5.75 Å². The summed E-state index contributed by atoms with van der Waals surface area (Å²) < 4.78 is 5.65. The Bertz CT molecular complexity index is 436. The first-order chi connectivity index (χ1) is 6.79. The predicted octanol–water partition coefficient (Wildman–Crippen LogP) is 4.34. The molecule has 0 spiro atoms. The van der Waals surface area contributed by atoms with E-state index in [0.717, 1.165) is 33.3 Å². The van der Waals surface area contributed by atoms with Gasteiger partial charge in [0.2, 0.25) is 0 Å². The fraction of sp³-hybridized carbons (Fsp3) is 0.273. The summed E-state index contributed by atoms with van der Waals surface area (Å²) in [5.74, 6) is 3.06. The molecule has 0 radical (unpaired) electrons. The SMILES string of the molecule is CCSCc1cc2cc(Cl)ccc2o1. The maximum atomic E-state index is 5.89. The highest BCUT2D eigenvalue weighted by molar-refractivity contribution is 7.98. The van der Waals surface area contributed by atoms with Gasteiger partial charge in [0.05, 0.1) is 5.75 Å². The summed E-state index contributed by atoms with van der Waals surface area (Å²) in [4.78, 5) is 0. The van der Waals surface area contributed by atoms with Crippen molar-refractivity contribution in [3.63, 3.8) is 0 Å². The van der Waals surface area contributed by atoms with Crippen molar-refractivity contribution >= 4 is 34.3 Å². The number of fused-ring (bicyclic) bond motifs is 1. The molecule has 0 bridgehead atoms. The maximum absolute atomic E-state index is 5.89. The van der Waals surface area contributed by atoms with Gasteiger partial charge in [-0.25, -0.2) is 0 Å². The summed E-state index contributed by atoms with van der Waals surface area (Å²) in [6.07, 6.45) is 0. The second-order valence-corrected chi connectivity index (χ2v) is 4.74. The lowest BCUT2D eigenvalue weighted by molar-refractivity contribution is 0.574. The largest absolute Gasteiger partial charge is 0.460 e. The molecule has 0 aliphatic rings. The number of benzene rings is 1. The van der Waals surface area contributed by atoms with E-state index in [9.17, 15) is 0 Å². The molecule has 1 aromatic carbocycles. The van der Waals surface area contributed by atoms with E-state index in [1.807, 2.05) is 30.0 Å². The fourth-order valence-electron chi connectivity index (χ4n) is 1.34. The average molecular weight is 227 g/mol. The van der Waals surface area contributed by atoms with Crippen LogP contribution in [0.1, 0.15) is 12.7 Å². The molecule has 0 aliphatic carbocycles. The third kappa shape index (κ3) is 2.07. The Hall–Kier alpha value is -0.600. The van der Waals surface area contributed by atoms with Gasteiger partial charge < -0.3 is 4.42 Å². The molecule has 2 rings (SSSR count). The van der Waals surface area contributed by atoms with Gasteiger partial charge in [0.25, 0.3) is 0 Å². The second kappa shape index (κ2) is 4.28. The number of halogens is 1. The normalized spacial score (nSPS) is 11.0. The van der Waals surface area contributed by atoms with Gasteiger partial charge in [-0.1, -0.05) is 18.5 Å². The van der Waals surface area contributed by atoms with Gasteiger partial charge in [-0.15, -0.1) is 0 Å². The minimum atomic E-state index is 0.757. The van der Waals surface area contributed by atoms with E-state index in [4.69, 9.17) is 16.0 Å². The zero-order valence-corrected chi connectivity index (χ0v) is 9.49. The van der Waals surface area contributed by atoms with Crippen molar-refractivity contribution < 1.29 is 4.42 Å². The van der Waals surface area contributed by atoms with Crippen molar-refractivity contribution in [3.8, 4) is 0 Å². The summed E-state index contributed by atoms with van der Waals surface area (Å²) in [6, 6.07) is 7.76. The van der Waals surface area contributed by atoms with Crippen LogP contribution in [0.5, 0.6) is 0 Å². The van der Waals surface area contributed by atoms with Crippen molar-refractivity contribution in [3.05, 3.63) is 35.0 Å². The van der Waals surface area contributed by atoms with Crippen LogP contribution in [0.3, 0.4) is 0 Å². The van der Waals surface area contributed by atoms with E-state index in [-0.39, 0.29) is 0 Å². The van der Waals surface area contributed by atoms with E-state index in [0.29, 0.717) is 0 Å². The Labute approximate surface area is 92.4 Å². The van der Waals surface area contributed by atoms with Gasteiger partial charge >= 0.3 is 0 Å². The standard InChI is InChI=1S/C11H11ClOS/c1-2-14-7-10-6-8-5-9(12)3-4-11(8)13-10/h3-6H,2,7H2,1H3. The van der Waals surface area contributed by atoms with E-state index >= 15 is 0 Å². The highest BCUT2D eigenvalue weighted by Gasteiger charge is 2.03. The molecule has 0 fully saturated rings. The van der Waals surface area contributed by atoms with Crippen LogP contribution in [0.2, 0.25) is 5.02 Å². The van der Waals surface area contributed by atoms with Crippen LogP contribution in [-0.4, -0.2) is 5.75 Å². The minimum absolute atomic E-state index is 0.757. The number of hydrogen-bond acceptors (Lipinski definition) is 2. The molecule has 3 heteroatoms. The van der Waals surface area contributed by atoms with Crippen LogP contribution in [0.25, 0.3) is 11.0 Å². The third-order valence-electron chi connectivity index (χ3n) is 1.98. The van der Waals surface area contributed by atoms with Crippen molar-refractivity contribution in [2.75, 3.05) is 5.75 Å². The average Bonchev–Trinajstić information content (AvgIpc) is 2.56. The Morgan fingerprint density at radius 3 is 3.00 bits per heavy atom. The molecule has 74 valence electrons. The molecular weight excluding hydrogens is 216 g/mol. The van der Waals surface area contributed by atoms with Gasteiger partial charge in [-0.05, 0) is 30.0 Å². The topological polar surface area (TPSA) is 13.1 Å². The molecule has 0 aliphatic heterocycles. The van der Waals surface area contributed by atoms with Gasteiger partial charge in [0.15, 0.2) is 0 Å². The molecule has 0 saturated heterocycles. The molecular formula is C11H11ClOS. The van der Waals surface area contributed by atoms with Crippen molar-refractivity contribution in [1.29, 1.82) is 0 Å². The van der Waals surface area contributed by atoms with Gasteiger partial charge in [-0.3, -0.25) is 0 Å². The molecule has 0 saturated carbocycles. The summed E-state index contributed by atoms with van der Waals surface area (Å²) >= 11 is 7.74. The second-order valence-electron chi connectivity index (χ2n) is 3.03.